The Balaban J connectivity index is 1.68. The van der Waals surface area contributed by atoms with Crippen molar-refractivity contribution in [3.63, 3.8) is 0 Å². The zero-order chi connectivity index (χ0) is 16.8. The largest absolute Gasteiger partial charge is 0.481 e. The van der Waals surface area contributed by atoms with E-state index in [2.05, 4.69) is 9.88 Å². The zero-order valence-electron chi connectivity index (χ0n) is 14.0. The summed E-state index contributed by atoms with van der Waals surface area (Å²) in [7, 11) is 1.61. The van der Waals surface area contributed by atoms with Crippen LogP contribution in [-0.4, -0.2) is 36.2 Å². The second kappa shape index (κ2) is 8.22. The highest BCUT2D eigenvalue weighted by atomic mass is 19.1. The van der Waals surface area contributed by atoms with Crippen molar-refractivity contribution < 1.29 is 13.9 Å². The monoisotopic (exact) mass is 330 g/mol. The average Bonchev–Trinajstić information content (AvgIpc) is 3.10. The summed E-state index contributed by atoms with van der Waals surface area (Å²) >= 11 is 0. The van der Waals surface area contributed by atoms with Gasteiger partial charge in [-0.2, -0.15) is 0 Å². The molecule has 128 valence electrons. The molecule has 1 aliphatic heterocycles. The Morgan fingerprint density at radius 1 is 1.17 bits per heavy atom. The normalized spacial score (nSPS) is 17.4. The lowest BCUT2D eigenvalue weighted by Crippen LogP contribution is -2.31. The van der Waals surface area contributed by atoms with E-state index in [0.717, 1.165) is 50.2 Å². The third-order valence-electron chi connectivity index (χ3n) is 4.22. The van der Waals surface area contributed by atoms with E-state index in [1.165, 1.54) is 12.1 Å². The van der Waals surface area contributed by atoms with E-state index < -0.39 is 0 Å². The summed E-state index contributed by atoms with van der Waals surface area (Å²) in [6.07, 6.45) is 4.34. The maximum atomic E-state index is 13.1. The summed E-state index contributed by atoms with van der Waals surface area (Å²) in [6, 6.07) is 10.6. The number of nitrogens with zero attached hydrogens (tertiary/aromatic N) is 2. The number of hydrogen-bond acceptors (Lipinski definition) is 4. The summed E-state index contributed by atoms with van der Waals surface area (Å²) < 4.78 is 24.0. The Hall–Kier alpha value is -1.98. The molecule has 24 heavy (non-hydrogen) atoms. The third kappa shape index (κ3) is 4.76. The Morgan fingerprint density at radius 2 is 1.92 bits per heavy atom. The van der Waals surface area contributed by atoms with E-state index in [0.29, 0.717) is 5.88 Å². The maximum Gasteiger partial charge on any atom is 0.212 e. The van der Waals surface area contributed by atoms with Gasteiger partial charge in [0.1, 0.15) is 5.82 Å². The summed E-state index contributed by atoms with van der Waals surface area (Å²) in [5.41, 5.74) is 2.21. The van der Waals surface area contributed by atoms with Gasteiger partial charge in [-0.15, -0.1) is 0 Å². The fraction of sp³-hybridized carbons (Fsp3) is 0.421. The van der Waals surface area contributed by atoms with Crippen LogP contribution in [0.3, 0.4) is 0 Å². The molecule has 0 spiro atoms. The van der Waals surface area contributed by atoms with Gasteiger partial charge in [-0.1, -0.05) is 18.2 Å². The number of benzene rings is 1. The number of aromatic nitrogens is 1. The van der Waals surface area contributed by atoms with E-state index in [1.54, 1.807) is 7.11 Å². The van der Waals surface area contributed by atoms with Crippen LogP contribution in [0.2, 0.25) is 0 Å². The van der Waals surface area contributed by atoms with Crippen LogP contribution in [0.15, 0.2) is 42.6 Å². The van der Waals surface area contributed by atoms with Crippen LogP contribution in [0.25, 0.3) is 0 Å². The van der Waals surface area contributed by atoms with Gasteiger partial charge in [0.25, 0.3) is 0 Å². The van der Waals surface area contributed by atoms with Crippen molar-refractivity contribution >= 4 is 0 Å². The van der Waals surface area contributed by atoms with Gasteiger partial charge in [0, 0.05) is 38.5 Å². The van der Waals surface area contributed by atoms with Crippen LogP contribution < -0.4 is 4.74 Å². The van der Waals surface area contributed by atoms with Gasteiger partial charge in [-0.3, -0.25) is 4.90 Å². The first-order valence-electron chi connectivity index (χ1n) is 8.30. The first-order valence-corrected chi connectivity index (χ1v) is 8.30. The number of methoxy groups -OCH3 is 1. The van der Waals surface area contributed by atoms with Crippen LogP contribution >= 0.6 is 0 Å². The second-order valence-electron chi connectivity index (χ2n) is 6.14. The van der Waals surface area contributed by atoms with Crippen molar-refractivity contribution in [2.24, 2.45) is 0 Å². The van der Waals surface area contributed by atoms with E-state index in [-0.39, 0.29) is 11.9 Å². The van der Waals surface area contributed by atoms with Gasteiger partial charge in [-0.05, 0) is 36.1 Å². The number of hydrogen-bond donors (Lipinski definition) is 0. The van der Waals surface area contributed by atoms with Crippen molar-refractivity contribution in [3.05, 3.63) is 59.5 Å². The molecular weight excluding hydrogens is 307 g/mol. The molecule has 1 atom stereocenters. The molecule has 3 rings (SSSR count). The van der Waals surface area contributed by atoms with Gasteiger partial charge in [0.15, 0.2) is 0 Å². The number of pyridine rings is 1. The van der Waals surface area contributed by atoms with Crippen molar-refractivity contribution in [1.29, 1.82) is 0 Å². The Bertz CT molecular complexity index is 625. The van der Waals surface area contributed by atoms with Crippen LogP contribution in [0, 0.1) is 5.82 Å². The second-order valence-corrected chi connectivity index (χ2v) is 6.14. The summed E-state index contributed by atoms with van der Waals surface area (Å²) in [6.45, 7) is 3.24. The van der Waals surface area contributed by atoms with Crippen molar-refractivity contribution in [1.82, 2.24) is 9.88 Å². The number of ether oxygens (including phenoxy) is 2. The number of rotatable bonds is 7. The molecule has 0 radical (unpaired) electrons. The highest BCUT2D eigenvalue weighted by Crippen LogP contribution is 2.18. The van der Waals surface area contributed by atoms with Gasteiger partial charge >= 0.3 is 0 Å². The minimum Gasteiger partial charge on any atom is -0.481 e. The maximum absolute atomic E-state index is 13.1. The minimum absolute atomic E-state index is 0.205. The van der Waals surface area contributed by atoms with Gasteiger partial charge in [0.05, 0.1) is 13.2 Å². The Kier molecular flexibility index (Phi) is 5.77. The first-order chi connectivity index (χ1) is 11.7. The molecular formula is C19H23FN2O2. The quantitative estimate of drug-likeness (QED) is 0.779. The lowest BCUT2D eigenvalue weighted by Gasteiger charge is -2.25. The van der Waals surface area contributed by atoms with Crippen molar-refractivity contribution in [2.45, 2.75) is 32.0 Å². The van der Waals surface area contributed by atoms with E-state index in [9.17, 15) is 4.39 Å². The zero-order valence-corrected chi connectivity index (χ0v) is 14.0. The molecule has 0 aliphatic carbocycles. The summed E-state index contributed by atoms with van der Waals surface area (Å²) in [5, 5.41) is 0. The van der Waals surface area contributed by atoms with E-state index in [4.69, 9.17) is 9.47 Å². The predicted molar refractivity (Wildman–Crippen MR) is 90.3 cm³/mol. The highest BCUT2D eigenvalue weighted by molar-refractivity contribution is 5.19. The van der Waals surface area contributed by atoms with Crippen LogP contribution in [0.5, 0.6) is 5.88 Å². The smallest absolute Gasteiger partial charge is 0.212 e. The SMILES string of the molecule is COc1ccc(CN(Cc2ccc(F)cc2)C[C@@H]2CCCO2)cn1. The Labute approximate surface area is 142 Å². The topological polar surface area (TPSA) is 34.6 Å². The molecule has 1 fully saturated rings. The Morgan fingerprint density at radius 3 is 2.54 bits per heavy atom. The molecule has 1 aromatic heterocycles. The summed E-state index contributed by atoms with van der Waals surface area (Å²) in [5.74, 6) is 0.409. The van der Waals surface area contributed by atoms with Crippen molar-refractivity contribution in [3.8, 4) is 5.88 Å². The average molecular weight is 330 g/mol. The molecule has 5 heteroatoms. The molecule has 1 aliphatic rings. The number of halogens is 1. The van der Waals surface area contributed by atoms with Crippen LogP contribution in [0.1, 0.15) is 24.0 Å². The lowest BCUT2D eigenvalue weighted by atomic mass is 10.1. The van der Waals surface area contributed by atoms with E-state index in [1.807, 2.05) is 30.5 Å². The first kappa shape index (κ1) is 16.9. The molecule has 0 unspecified atom stereocenters. The van der Waals surface area contributed by atoms with Crippen LogP contribution in [0.4, 0.5) is 4.39 Å². The van der Waals surface area contributed by atoms with Crippen molar-refractivity contribution in [2.75, 3.05) is 20.3 Å². The molecule has 0 bridgehead atoms. The molecule has 1 aromatic carbocycles. The molecule has 0 saturated carbocycles. The molecule has 0 amide bonds. The minimum atomic E-state index is -0.205. The molecule has 0 N–H and O–H groups in total. The molecule has 2 aromatic rings. The van der Waals surface area contributed by atoms with Crippen LogP contribution in [-0.2, 0) is 17.8 Å². The molecule has 1 saturated heterocycles. The van der Waals surface area contributed by atoms with E-state index >= 15 is 0 Å². The molecule has 2 heterocycles. The van der Waals surface area contributed by atoms with Gasteiger partial charge in [0.2, 0.25) is 5.88 Å². The summed E-state index contributed by atoms with van der Waals surface area (Å²) in [4.78, 5) is 6.60. The molecule has 4 nitrogen and oxygen atoms in total. The third-order valence-corrected chi connectivity index (χ3v) is 4.22. The predicted octanol–water partition coefficient (Wildman–Crippen LogP) is 3.41. The van der Waals surface area contributed by atoms with Gasteiger partial charge in [-0.25, -0.2) is 9.37 Å². The van der Waals surface area contributed by atoms with Gasteiger partial charge < -0.3 is 9.47 Å². The fourth-order valence-corrected chi connectivity index (χ4v) is 2.99. The highest BCUT2D eigenvalue weighted by Gasteiger charge is 2.19. The lowest BCUT2D eigenvalue weighted by molar-refractivity contribution is 0.0678. The fourth-order valence-electron chi connectivity index (χ4n) is 2.99. The standard InChI is InChI=1S/C19H23FN2O2/c1-23-19-9-6-16(11-21-19)13-22(14-18-3-2-10-24-18)12-15-4-7-17(20)8-5-15/h4-9,11,18H,2-3,10,12-14H2,1H3/t18-/m0/s1.